The van der Waals surface area contributed by atoms with E-state index in [2.05, 4.69) is 22.9 Å². The summed E-state index contributed by atoms with van der Waals surface area (Å²) >= 11 is 0. The van der Waals surface area contributed by atoms with Crippen molar-refractivity contribution < 1.29 is 4.74 Å². The molecule has 0 aliphatic heterocycles. The van der Waals surface area contributed by atoms with Gasteiger partial charge in [0.25, 0.3) is 0 Å². The van der Waals surface area contributed by atoms with Gasteiger partial charge in [-0.2, -0.15) is 5.26 Å². The van der Waals surface area contributed by atoms with Crippen LogP contribution in [0.4, 0.5) is 5.69 Å². The number of nitrogens with zero attached hydrogens (tertiary/aromatic N) is 3. The van der Waals surface area contributed by atoms with Gasteiger partial charge < -0.3 is 20.4 Å². The zero-order valence-corrected chi connectivity index (χ0v) is 15.7. The topological polar surface area (TPSA) is 113 Å². The van der Waals surface area contributed by atoms with Crippen LogP contribution in [0.1, 0.15) is 5.56 Å². The van der Waals surface area contributed by atoms with Crippen LogP contribution in [-0.4, -0.2) is 16.6 Å². The van der Waals surface area contributed by atoms with E-state index in [4.69, 9.17) is 15.9 Å². The molecule has 7 heteroatoms. The summed E-state index contributed by atoms with van der Waals surface area (Å²) in [6, 6.07) is 10.5. The van der Waals surface area contributed by atoms with Gasteiger partial charge in [-0.3, -0.25) is 5.41 Å². The predicted octanol–water partition coefficient (Wildman–Crippen LogP) is 1.18. The number of aryl methyl sites for hydroxylation is 1. The molecule has 0 atom stereocenters. The summed E-state index contributed by atoms with van der Waals surface area (Å²) in [5, 5.41) is 22.6. The second kappa shape index (κ2) is 7.68. The van der Waals surface area contributed by atoms with Gasteiger partial charge in [0, 0.05) is 60.1 Å². The lowest BCUT2D eigenvalue weighted by molar-refractivity contribution is 0.463. The highest BCUT2D eigenvalue weighted by Crippen LogP contribution is 2.33. The first-order valence-corrected chi connectivity index (χ1v) is 8.49. The van der Waals surface area contributed by atoms with Crippen LogP contribution in [0.15, 0.2) is 42.7 Å². The lowest BCUT2D eigenvalue weighted by Gasteiger charge is -2.14. The van der Waals surface area contributed by atoms with Gasteiger partial charge in [-0.25, -0.2) is 4.98 Å². The van der Waals surface area contributed by atoms with Crippen LogP contribution < -0.4 is 31.7 Å². The van der Waals surface area contributed by atoms with E-state index in [0.29, 0.717) is 38.7 Å². The van der Waals surface area contributed by atoms with E-state index in [-0.39, 0.29) is 11.2 Å². The number of nitriles is 1. The first-order chi connectivity index (χ1) is 13.5. The Hall–Kier alpha value is -4.05. The number of anilines is 1. The number of aromatic nitrogens is 2. The van der Waals surface area contributed by atoms with E-state index in [0.717, 1.165) is 0 Å². The molecule has 140 valence electrons. The standard InChI is InChI=1S/C21H20N6O/c1-13-17(11-25-2)20(24)18(12-27(13)3)16-9-15(23)6-7-19(16)28-21-14(10-22)5-4-8-26-21/h4-9,11-12,24-25H,1,23H2,2-3H3/b17-11-,24-20?. The number of pyridine rings is 2. The van der Waals surface area contributed by atoms with Crippen LogP contribution in [0.3, 0.4) is 0 Å². The minimum absolute atomic E-state index is 0.197. The Morgan fingerprint density at radius 3 is 2.86 bits per heavy atom. The highest BCUT2D eigenvalue weighted by molar-refractivity contribution is 5.73. The summed E-state index contributed by atoms with van der Waals surface area (Å²) in [5.41, 5.74) is 8.10. The quantitative estimate of drug-likeness (QED) is 0.595. The number of benzene rings is 1. The molecule has 2 heterocycles. The van der Waals surface area contributed by atoms with Crippen LogP contribution in [0, 0.1) is 16.7 Å². The molecule has 0 amide bonds. The average Bonchev–Trinajstić information content (AvgIpc) is 2.70. The van der Waals surface area contributed by atoms with E-state index in [9.17, 15) is 5.26 Å². The lowest BCUT2D eigenvalue weighted by atomic mass is 10.0. The summed E-state index contributed by atoms with van der Waals surface area (Å²) in [6.45, 7) is 4.03. The van der Waals surface area contributed by atoms with Crippen molar-refractivity contribution >= 4 is 18.5 Å². The number of hydrogen-bond acceptors (Lipinski definition) is 6. The summed E-state index contributed by atoms with van der Waals surface area (Å²) in [5.74, 6) is 0.646. The number of nitrogen functional groups attached to an aromatic ring is 1. The molecule has 0 spiro atoms. The van der Waals surface area contributed by atoms with Crippen LogP contribution in [0.25, 0.3) is 23.9 Å². The maximum absolute atomic E-state index is 9.29. The van der Waals surface area contributed by atoms with E-state index in [1.165, 1.54) is 0 Å². The van der Waals surface area contributed by atoms with Gasteiger partial charge in [0.05, 0.1) is 5.36 Å². The SMILES string of the molecule is C=c1/c(=C/NC)c(=N)c(-c2cc(N)ccc2Oc2ncccc2C#N)cn1C. The fraction of sp³-hybridized carbons (Fsp3) is 0.0952. The van der Waals surface area contributed by atoms with Gasteiger partial charge in [-0.1, -0.05) is 6.58 Å². The average molecular weight is 372 g/mol. The van der Waals surface area contributed by atoms with Crippen molar-refractivity contribution in [2.45, 2.75) is 0 Å². The zero-order valence-electron chi connectivity index (χ0n) is 15.7. The lowest BCUT2D eigenvalue weighted by Crippen LogP contribution is -2.45. The highest BCUT2D eigenvalue weighted by Gasteiger charge is 2.14. The fourth-order valence-electron chi connectivity index (χ4n) is 2.83. The third kappa shape index (κ3) is 3.44. The molecule has 0 radical (unpaired) electrons. The third-order valence-electron chi connectivity index (χ3n) is 4.28. The predicted molar refractivity (Wildman–Crippen MR) is 108 cm³/mol. The number of hydrogen-bond donors (Lipinski definition) is 3. The fourth-order valence-corrected chi connectivity index (χ4v) is 2.83. The Bertz CT molecular complexity index is 1250. The monoisotopic (exact) mass is 372 g/mol. The molecule has 0 saturated carbocycles. The molecular weight excluding hydrogens is 352 g/mol. The maximum Gasteiger partial charge on any atom is 0.237 e. The molecule has 0 saturated heterocycles. The van der Waals surface area contributed by atoms with Crippen molar-refractivity contribution in [3.05, 3.63) is 64.2 Å². The molecule has 7 nitrogen and oxygen atoms in total. The molecule has 1 aromatic carbocycles. The van der Waals surface area contributed by atoms with Crippen LogP contribution in [-0.2, 0) is 7.05 Å². The summed E-state index contributed by atoms with van der Waals surface area (Å²) in [4.78, 5) is 4.15. The second-order valence-corrected chi connectivity index (χ2v) is 6.15. The van der Waals surface area contributed by atoms with Crippen LogP contribution >= 0.6 is 0 Å². The highest BCUT2D eigenvalue weighted by atomic mass is 16.5. The minimum Gasteiger partial charge on any atom is -0.437 e. The molecule has 0 fully saturated rings. The molecular formula is C21H20N6O. The van der Waals surface area contributed by atoms with E-state index in [1.54, 1.807) is 49.8 Å². The molecule has 4 N–H and O–H groups in total. The van der Waals surface area contributed by atoms with Crippen LogP contribution in [0.5, 0.6) is 11.6 Å². The van der Waals surface area contributed by atoms with E-state index in [1.807, 2.05) is 17.8 Å². The molecule has 0 unspecified atom stereocenters. The molecule has 3 rings (SSSR count). The normalized spacial score (nSPS) is 11.1. The largest absolute Gasteiger partial charge is 0.437 e. The van der Waals surface area contributed by atoms with Crippen molar-refractivity contribution in [3.63, 3.8) is 0 Å². The Kier molecular flexibility index (Phi) is 5.14. The minimum atomic E-state index is 0.197. The summed E-state index contributed by atoms with van der Waals surface area (Å²) in [6.07, 6.45) is 5.09. The number of nitrogens with two attached hydrogens (primary N) is 1. The first-order valence-electron chi connectivity index (χ1n) is 8.49. The summed E-state index contributed by atoms with van der Waals surface area (Å²) < 4.78 is 7.78. The first kappa shape index (κ1) is 18.7. The van der Waals surface area contributed by atoms with Crippen LogP contribution in [0.2, 0.25) is 0 Å². The van der Waals surface area contributed by atoms with Gasteiger partial charge in [-0.05, 0) is 30.3 Å². The van der Waals surface area contributed by atoms with Crippen molar-refractivity contribution in [3.8, 4) is 28.8 Å². The van der Waals surface area contributed by atoms with Gasteiger partial charge in [0.2, 0.25) is 5.88 Å². The van der Waals surface area contributed by atoms with Crippen molar-refractivity contribution in [2.75, 3.05) is 12.8 Å². The molecule has 0 bridgehead atoms. The smallest absolute Gasteiger partial charge is 0.237 e. The maximum atomic E-state index is 9.29. The number of nitrogens with one attached hydrogen (secondary N) is 2. The van der Waals surface area contributed by atoms with Crippen molar-refractivity contribution in [2.24, 2.45) is 7.05 Å². The Morgan fingerprint density at radius 1 is 1.36 bits per heavy atom. The molecule has 0 aliphatic rings. The van der Waals surface area contributed by atoms with E-state index < -0.39 is 0 Å². The van der Waals surface area contributed by atoms with Gasteiger partial charge in [0.15, 0.2) is 0 Å². The Morgan fingerprint density at radius 2 is 2.14 bits per heavy atom. The van der Waals surface area contributed by atoms with E-state index >= 15 is 0 Å². The van der Waals surface area contributed by atoms with Gasteiger partial charge >= 0.3 is 0 Å². The molecule has 28 heavy (non-hydrogen) atoms. The van der Waals surface area contributed by atoms with Crippen molar-refractivity contribution in [1.29, 1.82) is 10.7 Å². The summed E-state index contributed by atoms with van der Waals surface area (Å²) in [7, 11) is 3.63. The number of rotatable bonds is 4. The zero-order chi connectivity index (χ0) is 20.3. The Labute approximate surface area is 162 Å². The molecule has 0 aliphatic carbocycles. The third-order valence-corrected chi connectivity index (χ3v) is 4.28. The Balaban J connectivity index is 2.26. The second-order valence-electron chi connectivity index (χ2n) is 6.15. The van der Waals surface area contributed by atoms with Gasteiger partial charge in [-0.15, -0.1) is 0 Å². The molecule has 2 aromatic heterocycles. The van der Waals surface area contributed by atoms with Crippen molar-refractivity contribution in [1.82, 2.24) is 14.9 Å². The van der Waals surface area contributed by atoms with Gasteiger partial charge in [0.1, 0.15) is 17.4 Å². The molecule has 3 aromatic rings. The number of ether oxygens (including phenoxy) is 1.